The van der Waals surface area contributed by atoms with Crippen molar-refractivity contribution in [2.45, 2.75) is 13.5 Å². The summed E-state index contributed by atoms with van der Waals surface area (Å²) >= 11 is 0. The lowest BCUT2D eigenvalue weighted by molar-refractivity contribution is 0.311. The van der Waals surface area contributed by atoms with Crippen molar-refractivity contribution in [2.24, 2.45) is 4.99 Å². The molecule has 0 radical (unpaired) electrons. The Balaban J connectivity index is 0.00000264. The van der Waals surface area contributed by atoms with E-state index in [9.17, 15) is 0 Å². The van der Waals surface area contributed by atoms with Crippen LogP contribution in [-0.4, -0.2) is 36.9 Å². The highest BCUT2D eigenvalue weighted by Gasteiger charge is 2.07. The number of hydrogen-bond acceptors (Lipinski definition) is 4. The summed E-state index contributed by atoms with van der Waals surface area (Å²) in [5, 5.41) is 13.2. The molecular weight excluding hydrogens is 409 g/mol. The fourth-order valence-electron chi connectivity index (χ4n) is 1.90. The van der Waals surface area contributed by atoms with Crippen LogP contribution in [0.25, 0.3) is 0 Å². The minimum absolute atomic E-state index is 0. The van der Waals surface area contributed by atoms with Gasteiger partial charge in [0.05, 0.1) is 26.0 Å². The topological polar surface area (TPSA) is 83.6 Å². The molecule has 8 heteroatoms. The van der Waals surface area contributed by atoms with Gasteiger partial charge in [-0.2, -0.15) is 5.10 Å². The van der Waals surface area contributed by atoms with Crippen LogP contribution in [0.3, 0.4) is 0 Å². The molecule has 0 aliphatic carbocycles. The van der Waals surface area contributed by atoms with E-state index in [0.717, 1.165) is 17.1 Å². The fourth-order valence-corrected chi connectivity index (χ4v) is 1.90. The first-order valence-corrected chi connectivity index (χ1v) is 7.03. The van der Waals surface area contributed by atoms with Crippen LogP contribution in [0.5, 0.6) is 11.5 Å². The molecule has 7 nitrogen and oxygen atoms in total. The van der Waals surface area contributed by atoms with Gasteiger partial charge in [0.25, 0.3) is 0 Å². The highest BCUT2D eigenvalue weighted by Crippen LogP contribution is 2.30. The molecule has 0 atom stereocenters. The number of aliphatic imine (C=N–C) groups is 1. The van der Waals surface area contributed by atoms with Gasteiger partial charge in [0.1, 0.15) is 0 Å². The Morgan fingerprint density at radius 1 is 1.30 bits per heavy atom. The Hall–Kier alpha value is -1.97. The van der Waals surface area contributed by atoms with Crippen molar-refractivity contribution in [1.29, 1.82) is 0 Å². The van der Waals surface area contributed by atoms with E-state index in [1.165, 1.54) is 0 Å². The SMILES string of the molecule is CCOc1ccc(NC(=NC)NCc2ccn[nH]2)cc1OC.I. The van der Waals surface area contributed by atoms with E-state index in [0.29, 0.717) is 24.9 Å². The zero-order valence-electron chi connectivity index (χ0n) is 13.4. The number of methoxy groups -OCH3 is 1. The summed E-state index contributed by atoms with van der Waals surface area (Å²) < 4.78 is 10.8. The van der Waals surface area contributed by atoms with Gasteiger partial charge in [0, 0.05) is 25.0 Å². The molecule has 0 aliphatic rings. The van der Waals surface area contributed by atoms with Gasteiger partial charge >= 0.3 is 0 Å². The third kappa shape index (κ3) is 5.62. The number of aromatic nitrogens is 2. The third-order valence-electron chi connectivity index (χ3n) is 2.95. The molecule has 0 fully saturated rings. The maximum Gasteiger partial charge on any atom is 0.195 e. The minimum Gasteiger partial charge on any atom is -0.493 e. The largest absolute Gasteiger partial charge is 0.493 e. The normalized spacial score (nSPS) is 10.7. The lowest BCUT2D eigenvalue weighted by Gasteiger charge is -2.14. The number of H-pyrrole nitrogens is 1. The van der Waals surface area contributed by atoms with Crippen molar-refractivity contribution < 1.29 is 9.47 Å². The molecular formula is C15H22IN5O2. The second-order valence-electron chi connectivity index (χ2n) is 4.43. The van der Waals surface area contributed by atoms with Crippen molar-refractivity contribution >= 4 is 35.6 Å². The van der Waals surface area contributed by atoms with E-state index in [1.807, 2.05) is 31.2 Å². The highest BCUT2D eigenvalue weighted by molar-refractivity contribution is 14.0. The summed E-state index contributed by atoms with van der Waals surface area (Å²) in [6.45, 7) is 3.14. The van der Waals surface area contributed by atoms with E-state index in [-0.39, 0.29) is 24.0 Å². The number of anilines is 1. The average molecular weight is 431 g/mol. The van der Waals surface area contributed by atoms with Gasteiger partial charge in [0.2, 0.25) is 0 Å². The second-order valence-corrected chi connectivity index (χ2v) is 4.43. The predicted molar refractivity (Wildman–Crippen MR) is 102 cm³/mol. The molecule has 0 spiro atoms. The van der Waals surface area contributed by atoms with Gasteiger partial charge in [-0.25, -0.2) is 0 Å². The average Bonchev–Trinajstić information content (AvgIpc) is 3.06. The van der Waals surface area contributed by atoms with Crippen LogP contribution < -0.4 is 20.1 Å². The molecule has 0 saturated carbocycles. The second kappa shape index (κ2) is 9.93. The summed E-state index contributed by atoms with van der Waals surface area (Å²) in [5.74, 6) is 2.05. The quantitative estimate of drug-likeness (QED) is 0.372. The number of guanidine groups is 1. The van der Waals surface area contributed by atoms with E-state index in [1.54, 1.807) is 20.4 Å². The molecule has 2 rings (SSSR count). The molecule has 0 unspecified atom stereocenters. The van der Waals surface area contributed by atoms with E-state index in [4.69, 9.17) is 9.47 Å². The number of benzene rings is 1. The Morgan fingerprint density at radius 2 is 2.13 bits per heavy atom. The van der Waals surface area contributed by atoms with E-state index < -0.39 is 0 Å². The van der Waals surface area contributed by atoms with Crippen LogP contribution in [-0.2, 0) is 6.54 Å². The van der Waals surface area contributed by atoms with Crippen molar-refractivity contribution in [1.82, 2.24) is 15.5 Å². The molecule has 0 saturated heterocycles. The molecule has 1 aromatic carbocycles. The summed E-state index contributed by atoms with van der Waals surface area (Å²) in [5.41, 5.74) is 1.84. The van der Waals surface area contributed by atoms with Crippen LogP contribution in [0, 0.1) is 0 Å². The third-order valence-corrected chi connectivity index (χ3v) is 2.95. The molecule has 1 heterocycles. The Labute approximate surface area is 152 Å². The fraction of sp³-hybridized carbons (Fsp3) is 0.333. The van der Waals surface area contributed by atoms with Crippen molar-refractivity contribution in [3.63, 3.8) is 0 Å². The summed E-state index contributed by atoms with van der Waals surface area (Å²) in [7, 11) is 3.33. The number of nitrogens with zero attached hydrogens (tertiary/aromatic N) is 2. The number of nitrogens with one attached hydrogen (secondary N) is 3. The summed E-state index contributed by atoms with van der Waals surface area (Å²) in [4.78, 5) is 4.19. The van der Waals surface area contributed by atoms with Gasteiger partial charge in [-0.3, -0.25) is 10.1 Å². The summed E-state index contributed by atoms with van der Waals surface area (Å²) in [6.07, 6.45) is 1.71. The van der Waals surface area contributed by atoms with Crippen LogP contribution in [0.4, 0.5) is 5.69 Å². The monoisotopic (exact) mass is 431 g/mol. The standard InChI is InChI=1S/C15H21N5O2.HI/c1-4-22-13-6-5-11(9-14(13)21-3)19-15(16-2)17-10-12-7-8-18-20-12;/h5-9H,4,10H2,1-3H3,(H,18,20)(H2,16,17,19);1H. The number of aromatic amines is 1. The van der Waals surface area contributed by atoms with Crippen molar-refractivity contribution in [2.75, 3.05) is 26.1 Å². The van der Waals surface area contributed by atoms with Crippen LogP contribution in [0.1, 0.15) is 12.6 Å². The van der Waals surface area contributed by atoms with Crippen LogP contribution >= 0.6 is 24.0 Å². The van der Waals surface area contributed by atoms with Gasteiger partial charge in [-0.15, -0.1) is 24.0 Å². The Kier molecular flexibility index (Phi) is 8.23. The van der Waals surface area contributed by atoms with Gasteiger partial charge in [0.15, 0.2) is 17.5 Å². The number of hydrogen-bond donors (Lipinski definition) is 3. The molecule has 1 aromatic heterocycles. The van der Waals surface area contributed by atoms with Crippen LogP contribution in [0.15, 0.2) is 35.5 Å². The number of ether oxygens (including phenoxy) is 2. The predicted octanol–water partition coefficient (Wildman–Crippen LogP) is 2.62. The van der Waals surface area contributed by atoms with Gasteiger partial charge < -0.3 is 20.1 Å². The highest BCUT2D eigenvalue weighted by atomic mass is 127. The van der Waals surface area contributed by atoms with Crippen molar-refractivity contribution in [3.05, 3.63) is 36.2 Å². The molecule has 23 heavy (non-hydrogen) atoms. The zero-order chi connectivity index (χ0) is 15.8. The Bertz CT molecular complexity index is 616. The first kappa shape index (κ1) is 19.1. The lowest BCUT2D eigenvalue weighted by Crippen LogP contribution is -2.30. The molecule has 3 N–H and O–H groups in total. The van der Waals surface area contributed by atoms with E-state index >= 15 is 0 Å². The zero-order valence-corrected chi connectivity index (χ0v) is 15.8. The maximum absolute atomic E-state index is 5.50. The Morgan fingerprint density at radius 3 is 2.74 bits per heavy atom. The minimum atomic E-state index is 0. The molecule has 0 bridgehead atoms. The number of rotatable bonds is 6. The summed E-state index contributed by atoms with van der Waals surface area (Å²) in [6, 6.07) is 7.55. The smallest absolute Gasteiger partial charge is 0.195 e. The lowest BCUT2D eigenvalue weighted by atomic mass is 10.2. The van der Waals surface area contributed by atoms with Crippen LogP contribution in [0.2, 0.25) is 0 Å². The molecule has 0 amide bonds. The molecule has 0 aliphatic heterocycles. The first-order chi connectivity index (χ1) is 10.8. The van der Waals surface area contributed by atoms with E-state index in [2.05, 4.69) is 25.8 Å². The van der Waals surface area contributed by atoms with Gasteiger partial charge in [-0.05, 0) is 25.1 Å². The van der Waals surface area contributed by atoms with Gasteiger partial charge in [-0.1, -0.05) is 0 Å². The molecule has 126 valence electrons. The maximum atomic E-state index is 5.50. The molecule has 2 aromatic rings. The first-order valence-electron chi connectivity index (χ1n) is 7.03. The van der Waals surface area contributed by atoms with Crippen molar-refractivity contribution in [3.8, 4) is 11.5 Å². The number of halogens is 1.